The molecule has 106 valence electrons. The van der Waals surface area contributed by atoms with Gasteiger partial charge < -0.3 is 15.7 Å². The quantitative estimate of drug-likeness (QED) is 0.255. The number of nitrogens with one attached hydrogen (secondary N) is 1. The summed E-state index contributed by atoms with van der Waals surface area (Å²) >= 11 is 0. The van der Waals surface area contributed by atoms with Crippen LogP contribution >= 0.6 is 0 Å². The predicted octanol–water partition coefficient (Wildman–Crippen LogP) is -0.708. The number of amidine groups is 1. The zero-order chi connectivity index (χ0) is 14.3. The van der Waals surface area contributed by atoms with Crippen molar-refractivity contribution < 1.29 is 23.2 Å². The number of amides is 1. The summed E-state index contributed by atoms with van der Waals surface area (Å²) in [6.45, 7) is 3.14. The fourth-order valence-corrected chi connectivity index (χ4v) is 1.86. The Morgan fingerprint density at radius 2 is 2.17 bits per heavy atom. The molecule has 0 heterocycles. The second-order valence-electron chi connectivity index (χ2n) is 3.53. The third-order valence-electron chi connectivity index (χ3n) is 2.05. The molecule has 0 aliphatic rings. The molecule has 1 atom stereocenters. The molecule has 0 fully saturated rings. The Balaban J connectivity index is 4.57. The molecule has 1 unspecified atom stereocenters. The maximum atomic E-state index is 11.6. The number of carbonyl (C=O) groups is 1. The van der Waals surface area contributed by atoms with Crippen LogP contribution in [-0.2, 0) is 14.9 Å². The second kappa shape index (κ2) is 7.01. The first-order valence-corrected chi connectivity index (χ1v) is 6.56. The van der Waals surface area contributed by atoms with Crippen molar-refractivity contribution in [2.45, 2.75) is 13.8 Å². The first kappa shape index (κ1) is 16.4. The summed E-state index contributed by atoms with van der Waals surface area (Å²) < 4.78 is 30.3. The minimum Gasteiger partial charge on any atom is -0.449 e. The van der Waals surface area contributed by atoms with Gasteiger partial charge in [0.05, 0.1) is 6.61 Å². The van der Waals surface area contributed by atoms with Crippen LogP contribution in [-0.4, -0.2) is 50.1 Å². The molecular formula is C8H18N4O5S. The molecule has 0 radical (unpaired) electrons. The Hall–Kier alpha value is -1.55. The first-order valence-electron chi connectivity index (χ1n) is 5.12. The van der Waals surface area contributed by atoms with E-state index in [9.17, 15) is 13.2 Å². The van der Waals surface area contributed by atoms with E-state index in [1.807, 2.05) is 0 Å². The van der Waals surface area contributed by atoms with Crippen LogP contribution in [0.1, 0.15) is 13.8 Å². The maximum Gasteiger partial charge on any atom is 0.421 e. The standard InChI is InChI=1S/C8H18N4O5S/c1-4-17-8(13)11-18(15,16)12(3)5-6(2)7(9)10-14/h6,14H,4-5H2,1-3H3,(H2,9,10)(H,11,13). The highest BCUT2D eigenvalue weighted by atomic mass is 32.2. The van der Waals surface area contributed by atoms with Gasteiger partial charge in [-0.05, 0) is 6.92 Å². The molecular weight excluding hydrogens is 264 g/mol. The monoisotopic (exact) mass is 282 g/mol. The van der Waals surface area contributed by atoms with Crippen LogP contribution in [0.4, 0.5) is 4.79 Å². The van der Waals surface area contributed by atoms with E-state index in [1.165, 1.54) is 7.05 Å². The number of nitrogens with zero attached hydrogens (tertiary/aromatic N) is 2. The summed E-state index contributed by atoms with van der Waals surface area (Å²) in [5.74, 6) is -0.605. The number of nitrogens with two attached hydrogens (primary N) is 1. The van der Waals surface area contributed by atoms with Gasteiger partial charge in [-0.1, -0.05) is 12.1 Å². The molecule has 0 aromatic rings. The molecule has 0 bridgehead atoms. The molecule has 0 saturated heterocycles. The van der Waals surface area contributed by atoms with Crippen LogP contribution in [0.5, 0.6) is 0 Å². The van der Waals surface area contributed by atoms with Crippen LogP contribution in [0.25, 0.3) is 0 Å². The summed E-state index contributed by atoms with van der Waals surface area (Å²) in [7, 11) is -2.75. The molecule has 0 spiro atoms. The van der Waals surface area contributed by atoms with E-state index in [-0.39, 0.29) is 19.0 Å². The van der Waals surface area contributed by atoms with Crippen molar-refractivity contribution in [3.63, 3.8) is 0 Å². The average Bonchev–Trinajstić information content (AvgIpc) is 2.27. The number of hydrogen-bond acceptors (Lipinski definition) is 6. The summed E-state index contributed by atoms with van der Waals surface area (Å²) in [6, 6.07) is 0. The molecule has 9 nitrogen and oxygen atoms in total. The lowest BCUT2D eigenvalue weighted by Gasteiger charge is -2.20. The largest absolute Gasteiger partial charge is 0.449 e. The minimum atomic E-state index is -4.00. The first-order chi connectivity index (χ1) is 8.24. The highest BCUT2D eigenvalue weighted by Crippen LogP contribution is 2.02. The Morgan fingerprint density at radius 3 is 2.61 bits per heavy atom. The van der Waals surface area contributed by atoms with E-state index in [4.69, 9.17) is 10.9 Å². The van der Waals surface area contributed by atoms with Crippen LogP contribution in [0.15, 0.2) is 5.16 Å². The van der Waals surface area contributed by atoms with Gasteiger partial charge in [-0.15, -0.1) is 0 Å². The van der Waals surface area contributed by atoms with Crippen molar-refractivity contribution in [1.82, 2.24) is 9.03 Å². The number of carbonyl (C=O) groups excluding carboxylic acids is 1. The van der Waals surface area contributed by atoms with Gasteiger partial charge in [0.25, 0.3) is 0 Å². The molecule has 0 aliphatic carbocycles. The van der Waals surface area contributed by atoms with Gasteiger partial charge in [-0.3, -0.25) is 0 Å². The van der Waals surface area contributed by atoms with E-state index < -0.39 is 22.2 Å². The molecule has 18 heavy (non-hydrogen) atoms. The summed E-state index contributed by atoms with van der Waals surface area (Å²) in [4.78, 5) is 11.0. The van der Waals surface area contributed by atoms with Crippen molar-refractivity contribution >= 4 is 22.1 Å². The zero-order valence-electron chi connectivity index (χ0n) is 10.5. The van der Waals surface area contributed by atoms with Crippen molar-refractivity contribution in [3.8, 4) is 0 Å². The highest BCUT2D eigenvalue weighted by molar-refractivity contribution is 7.87. The lowest BCUT2D eigenvalue weighted by atomic mass is 10.2. The van der Waals surface area contributed by atoms with Crippen LogP contribution < -0.4 is 10.5 Å². The Kier molecular flexibility index (Phi) is 6.41. The van der Waals surface area contributed by atoms with Crippen molar-refractivity contribution in [1.29, 1.82) is 0 Å². The lowest BCUT2D eigenvalue weighted by Crippen LogP contribution is -2.44. The highest BCUT2D eigenvalue weighted by Gasteiger charge is 2.24. The van der Waals surface area contributed by atoms with Crippen LogP contribution in [0.2, 0.25) is 0 Å². The summed E-state index contributed by atoms with van der Waals surface area (Å²) in [5, 5.41) is 11.2. The van der Waals surface area contributed by atoms with Gasteiger partial charge >= 0.3 is 16.3 Å². The molecule has 0 saturated carbocycles. The molecule has 4 N–H and O–H groups in total. The fourth-order valence-electron chi connectivity index (χ4n) is 1.02. The number of ether oxygens (including phenoxy) is 1. The second-order valence-corrected chi connectivity index (χ2v) is 5.31. The van der Waals surface area contributed by atoms with Gasteiger partial charge in [0.1, 0.15) is 5.84 Å². The Bertz CT molecular complexity index is 408. The normalized spacial score (nSPS) is 14.3. The molecule has 0 aromatic carbocycles. The number of hydrogen-bond donors (Lipinski definition) is 3. The van der Waals surface area contributed by atoms with E-state index in [0.29, 0.717) is 0 Å². The van der Waals surface area contributed by atoms with Crippen molar-refractivity contribution in [2.24, 2.45) is 16.8 Å². The third kappa shape index (κ3) is 5.19. The summed E-state index contributed by atoms with van der Waals surface area (Å²) in [6.07, 6.45) is -1.05. The van der Waals surface area contributed by atoms with Crippen LogP contribution in [0, 0.1) is 5.92 Å². The molecule has 1 amide bonds. The van der Waals surface area contributed by atoms with Crippen LogP contribution in [0.3, 0.4) is 0 Å². The summed E-state index contributed by atoms with van der Waals surface area (Å²) in [5.41, 5.74) is 5.32. The zero-order valence-corrected chi connectivity index (χ0v) is 11.3. The Morgan fingerprint density at radius 1 is 1.61 bits per heavy atom. The number of oxime groups is 1. The SMILES string of the molecule is CCOC(=O)NS(=O)(=O)N(C)CC(C)C(N)=NO. The van der Waals surface area contributed by atoms with Gasteiger partial charge in [0, 0.05) is 19.5 Å². The molecule has 0 aromatic heterocycles. The van der Waals surface area contributed by atoms with Gasteiger partial charge in [-0.25, -0.2) is 9.52 Å². The fraction of sp³-hybridized carbons (Fsp3) is 0.750. The predicted molar refractivity (Wildman–Crippen MR) is 64.3 cm³/mol. The Labute approximate surface area is 106 Å². The van der Waals surface area contributed by atoms with E-state index in [0.717, 1.165) is 4.31 Å². The lowest BCUT2D eigenvalue weighted by molar-refractivity contribution is 0.158. The molecule has 10 heteroatoms. The van der Waals surface area contributed by atoms with Gasteiger partial charge in [0.2, 0.25) is 0 Å². The number of rotatable bonds is 6. The smallest absolute Gasteiger partial charge is 0.421 e. The maximum absolute atomic E-state index is 11.6. The van der Waals surface area contributed by atoms with Gasteiger partial charge in [-0.2, -0.15) is 12.7 Å². The molecule has 0 rings (SSSR count). The van der Waals surface area contributed by atoms with E-state index in [1.54, 1.807) is 18.6 Å². The average molecular weight is 282 g/mol. The minimum absolute atomic E-state index is 0.0510. The van der Waals surface area contributed by atoms with Crippen molar-refractivity contribution in [2.75, 3.05) is 20.2 Å². The third-order valence-corrected chi connectivity index (χ3v) is 3.44. The molecule has 0 aliphatic heterocycles. The van der Waals surface area contributed by atoms with E-state index in [2.05, 4.69) is 9.89 Å². The van der Waals surface area contributed by atoms with Gasteiger partial charge in [0.15, 0.2) is 0 Å². The topological polar surface area (TPSA) is 134 Å². The van der Waals surface area contributed by atoms with Crippen molar-refractivity contribution in [3.05, 3.63) is 0 Å². The van der Waals surface area contributed by atoms with E-state index >= 15 is 0 Å².